The third-order valence-corrected chi connectivity index (χ3v) is 1.34. The summed E-state index contributed by atoms with van der Waals surface area (Å²) in [5, 5.41) is 0. The van der Waals surface area contributed by atoms with Gasteiger partial charge in [0.2, 0.25) is 23.3 Å². The van der Waals surface area contributed by atoms with Crippen LogP contribution in [0, 0.1) is 0 Å². The molecule has 1 rings (SSSR count). The number of carbonyl (C=O) groups excluding carboxylic acids is 1. The number of alkyl halides is 2. The molecule has 0 N–H and O–H groups in total. The summed E-state index contributed by atoms with van der Waals surface area (Å²) < 4.78 is 72.8. The maximum Gasteiger partial charge on any atom is 0.355 e. The first-order chi connectivity index (χ1) is 5.80. The Bertz CT molecular complexity index is 309. The summed E-state index contributed by atoms with van der Waals surface area (Å²) in [6, 6.07) is 0. The number of rotatable bonds is 0. The molecule has 0 saturated carbocycles. The fourth-order valence-electron chi connectivity index (χ4n) is 0.668. The zero-order valence-electron chi connectivity index (χ0n) is 5.68. The number of halogens is 6. The van der Waals surface area contributed by atoms with Gasteiger partial charge in [0.05, 0.1) is 0 Å². The molecule has 72 valence electrons. The Kier molecular flexibility index (Phi) is 1.97. The molecule has 0 amide bonds. The Morgan fingerprint density at radius 3 is 1.46 bits per heavy atom. The molecular weight excluding hydrogens is 202 g/mol. The van der Waals surface area contributed by atoms with Gasteiger partial charge in [0.15, 0.2) is 0 Å². The van der Waals surface area contributed by atoms with Crippen molar-refractivity contribution in [2.24, 2.45) is 0 Å². The summed E-state index contributed by atoms with van der Waals surface area (Å²) in [5.41, 5.74) is 0. The van der Waals surface area contributed by atoms with E-state index in [1.54, 1.807) is 0 Å². The second-order valence-corrected chi connectivity index (χ2v) is 2.16. The lowest BCUT2D eigenvalue weighted by Gasteiger charge is -2.16. The van der Waals surface area contributed by atoms with Crippen LogP contribution in [-0.2, 0) is 4.79 Å². The summed E-state index contributed by atoms with van der Waals surface area (Å²) in [6.07, 6.45) is 0. The Morgan fingerprint density at radius 1 is 0.846 bits per heavy atom. The molecule has 1 nitrogen and oxygen atoms in total. The van der Waals surface area contributed by atoms with E-state index in [1.807, 2.05) is 0 Å². The highest BCUT2D eigenvalue weighted by atomic mass is 19.3. The second-order valence-electron chi connectivity index (χ2n) is 2.16. The van der Waals surface area contributed by atoms with Gasteiger partial charge in [-0.2, -0.15) is 17.6 Å². The predicted molar refractivity (Wildman–Crippen MR) is 28.4 cm³/mol. The lowest BCUT2D eigenvalue weighted by atomic mass is 10.1. The zero-order valence-corrected chi connectivity index (χ0v) is 5.68. The van der Waals surface area contributed by atoms with Crippen LogP contribution in [0.15, 0.2) is 23.3 Å². The molecule has 13 heavy (non-hydrogen) atoms. The van der Waals surface area contributed by atoms with Crippen LogP contribution in [0.1, 0.15) is 0 Å². The minimum absolute atomic E-state index is 2.35. The maximum atomic E-state index is 12.2. The van der Waals surface area contributed by atoms with E-state index in [0.717, 1.165) is 0 Å². The maximum absolute atomic E-state index is 12.2. The molecule has 7 heteroatoms. The van der Waals surface area contributed by atoms with Crippen molar-refractivity contribution in [2.75, 3.05) is 0 Å². The van der Waals surface area contributed by atoms with E-state index >= 15 is 0 Å². The first kappa shape index (κ1) is 9.82. The molecule has 0 atom stereocenters. The van der Waals surface area contributed by atoms with Gasteiger partial charge in [0.25, 0.3) is 5.78 Å². The molecule has 0 aromatic heterocycles. The van der Waals surface area contributed by atoms with Crippen molar-refractivity contribution in [3.8, 4) is 0 Å². The van der Waals surface area contributed by atoms with Crippen LogP contribution in [0.5, 0.6) is 0 Å². The van der Waals surface area contributed by atoms with E-state index in [9.17, 15) is 31.1 Å². The summed E-state index contributed by atoms with van der Waals surface area (Å²) in [7, 11) is 0. The highest BCUT2D eigenvalue weighted by Crippen LogP contribution is 2.42. The zero-order chi connectivity index (χ0) is 10.4. The number of hydrogen-bond donors (Lipinski definition) is 0. The standard InChI is InChI=1S/C6F6O/c7-1-3(13)2(8)5(10)6(11,12)4(1)9. The lowest BCUT2D eigenvalue weighted by Crippen LogP contribution is -2.27. The quantitative estimate of drug-likeness (QED) is 0.551. The number of carbonyl (C=O) groups is 1. The monoisotopic (exact) mass is 202 g/mol. The van der Waals surface area contributed by atoms with Gasteiger partial charge in [-0.1, -0.05) is 0 Å². The van der Waals surface area contributed by atoms with E-state index in [4.69, 9.17) is 0 Å². The second kappa shape index (κ2) is 2.61. The first-order valence-electron chi connectivity index (χ1n) is 2.84. The van der Waals surface area contributed by atoms with E-state index in [-0.39, 0.29) is 0 Å². The van der Waals surface area contributed by atoms with E-state index in [2.05, 4.69) is 0 Å². The van der Waals surface area contributed by atoms with E-state index in [0.29, 0.717) is 0 Å². The molecule has 0 spiro atoms. The summed E-state index contributed by atoms with van der Waals surface area (Å²) >= 11 is 0. The van der Waals surface area contributed by atoms with Gasteiger partial charge in [-0.3, -0.25) is 4.79 Å². The van der Waals surface area contributed by atoms with Crippen LogP contribution in [0.2, 0.25) is 0 Å². The first-order valence-corrected chi connectivity index (χ1v) is 2.84. The highest BCUT2D eigenvalue weighted by Gasteiger charge is 2.52. The van der Waals surface area contributed by atoms with Crippen LogP contribution < -0.4 is 0 Å². The molecule has 0 bridgehead atoms. The average molecular weight is 202 g/mol. The van der Waals surface area contributed by atoms with Crippen molar-refractivity contribution in [1.82, 2.24) is 0 Å². The molecule has 0 unspecified atom stereocenters. The molecule has 0 fully saturated rings. The number of ketones is 1. The Labute approximate surface area is 67.3 Å². The number of allylic oxidation sites excluding steroid dienone is 4. The van der Waals surface area contributed by atoms with Crippen molar-refractivity contribution in [2.45, 2.75) is 5.92 Å². The smallest absolute Gasteiger partial charge is 0.283 e. The molecule has 0 aromatic rings. The fourth-order valence-corrected chi connectivity index (χ4v) is 0.668. The molecule has 0 saturated heterocycles. The number of Topliss-reactive ketones (excluding diaryl/α,β-unsaturated/α-hetero) is 1. The summed E-state index contributed by atoms with van der Waals surface area (Å²) in [6.45, 7) is 0. The van der Waals surface area contributed by atoms with Gasteiger partial charge >= 0.3 is 5.92 Å². The lowest BCUT2D eigenvalue weighted by molar-refractivity contribution is -0.117. The topological polar surface area (TPSA) is 17.1 Å². The van der Waals surface area contributed by atoms with Crippen LogP contribution in [0.3, 0.4) is 0 Å². The third-order valence-electron chi connectivity index (χ3n) is 1.34. The Hall–Kier alpha value is -1.27. The van der Waals surface area contributed by atoms with Gasteiger partial charge in [0, 0.05) is 0 Å². The Morgan fingerprint density at radius 2 is 1.15 bits per heavy atom. The summed E-state index contributed by atoms with van der Waals surface area (Å²) in [5.74, 6) is -18.4. The van der Waals surface area contributed by atoms with E-state index in [1.165, 1.54) is 0 Å². The molecule has 1 aliphatic rings. The molecule has 1 aliphatic carbocycles. The normalized spacial score (nSPS) is 22.8. The van der Waals surface area contributed by atoms with Crippen molar-refractivity contribution >= 4 is 5.78 Å². The molecule has 0 radical (unpaired) electrons. The van der Waals surface area contributed by atoms with Crippen molar-refractivity contribution < 1.29 is 31.1 Å². The third kappa shape index (κ3) is 1.14. The van der Waals surface area contributed by atoms with Crippen LogP contribution in [0.25, 0.3) is 0 Å². The predicted octanol–water partition coefficient (Wildman–Crippen LogP) is 2.51. The molecule has 0 aromatic carbocycles. The fraction of sp³-hybridized carbons (Fsp3) is 0.167. The molecule has 0 heterocycles. The van der Waals surface area contributed by atoms with Gasteiger partial charge in [-0.15, -0.1) is 0 Å². The van der Waals surface area contributed by atoms with Gasteiger partial charge < -0.3 is 0 Å². The molecule has 0 aliphatic heterocycles. The van der Waals surface area contributed by atoms with Crippen molar-refractivity contribution in [3.63, 3.8) is 0 Å². The van der Waals surface area contributed by atoms with Gasteiger partial charge in [-0.25, -0.2) is 8.78 Å². The Balaban J connectivity index is 3.39. The minimum atomic E-state index is -5.03. The molecular formula is C6F6O. The SMILES string of the molecule is O=C1C(F)=C(F)C(F)(F)C(F)=C1F. The highest BCUT2D eigenvalue weighted by molar-refractivity contribution is 6.07. The van der Waals surface area contributed by atoms with Crippen LogP contribution >= 0.6 is 0 Å². The van der Waals surface area contributed by atoms with E-state index < -0.39 is 35.0 Å². The van der Waals surface area contributed by atoms with Crippen LogP contribution in [0.4, 0.5) is 26.3 Å². The van der Waals surface area contributed by atoms with Crippen molar-refractivity contribution in [3.05, 3.63) is 23.3 Å². The average Bonchev–Trinajstić information content (AvgIpc) is 2.09. The number of hydrogen-bond acceptors (Lipinski definition) is 1. The largest absolute Gasteiger partial charge is 0.355 e. The van der Waals surface area contributed by atoms with Crippen molar-refractivity contribution in [1.29, 1.82) is 0 Å². The summed E-state index contributed by atoms with van der Waals surface area (Å²) in [4.78, 5) is 10.2. The van der Waals surface area contributed by atoms with Gasteiger partial charge in [0.1, 0.15) is 0 Å². The van der Waals surface area contributed by atoms with Crippen LogP contribution in [-0.4, -0.2) is 11.7 Å². The van der Waals surface area contributed by atoms with Gasteiger partial charge in [-0.05, 0) is 0 Å². The minimum Gasteiger partial charge on any atom is -0.283 e.